The fraction of sp³-hybridized carbons (Fsp3) is 0.211. The van der Waals surface area contributed by atoms with Gasteiger partial charge < -0.3 is 10.3 Å². The Bertz CT molecular complexity index is 815. The fourth-order valence-corrected chi connectivity index (χ4v) is 3.17. The van der Waals surface area contributed by atoms with Crippen LogP contribution in [0.3, 0.4) is 0 Å². The van der Waals surface area contributed by atoms with Crippen molar-refractivity contribution < 1.29 is 0 Å². The largest absolute Gasteiger partial charge is 0.372 e. The van der Waals surface area contributed by atoms with Crippen LogP contribution in [0.5, 0.6) is 0 Å². The molecule has 0 aliphatic carbocycles. The molecule has 1 aliphatic heterocycles. The average Bonchev–Trinajstić information content (AvgIpc) is 3.21. The first-order chi connectivity index (χ1) is 10.9. The normalized spacial score (nSPS) is 14.1. The minimum atomic E-state index is 0.911. The zero-order chi connectivity index (χ0) is 14.8. The van der Waals surface area contributed by atoms with Gasteiger partial charge in [-0.05, 0) is 23.6 Å². The Hall–Kier alpha value is -2.55. The first-order valence-electron chi connectivity index (χ1n) is 7.84. The SMILES string of the molecule is c1ccc(-c2[nH]c3ccccc3c2CCC2=NCCN2)cc1. The summed E-state index contributed by atoms with van der Waals surface area (Å²) in [6.07, 6.45) is 1.97. The molecule has 3 aromatic rings. The second kappa shape index (κ2) is 5.68. The van der Waals surface area contributed by atoms with Gasteiger partial charge in [-0.3, -0.25) is 4.99 Å². The summed E-state index contributed by atoms with van der Waals surface area (Å²) in [6, 6.07) is 19.1. The molecule has 1 aliphatic rings. The third-order valence-corrected chi connectivity index (χ3v) is 4.23. The van der Waals surface area contributed by atoms with E-state index in [0.717, 1.165) is 31.8 Å². The molecule has 0 saturated heterocycles. The Labute approximate surface area is 130 Å². The maximum atomic E-state index is 4.51. The summed E-state index contributed by atoms with van der Waals surface area (Å²) in [7, 11) is 0. The van der Waals surface area contributed by atoms with Crippen LogP contribution < -0.4 is 5.32 Å². The van der Waals surface area contributed by atoms with Gasteiger partial charge >= 0.3 is 0 Å². The van der Waals surface area contributed by atoms with Gasteiger partial charge in [-0.2, -0.15) is 0 Å². The Kier molecular flexibility index (Phi) is 3.39. The summed E-state index contributed by atoms with van der Waals surface area (Å²) in [4.78, 5) is 8.11. The molecule has 0 atom stereocenters. The van der Waals surface area contributed by atoms with Crippen molar-refractivity contribution in [3.63, 3.8) is 0 Å². The number of aromatic nitrogens is 1. The lowest BCUT2D eigenvalue weighted by molar-refractivity contribution is 0.936. The quantitative estimate of drug-likeness (QED) is 0.754. The summed E-state index contributed by atoms with van der Waals surface area (Å²) in [5, 5.41) is 4.69. The number of benzene rings is 2. The van der Waals surface area contributed by atoms with Crippen LogP contribution in [0.15, 0.2) is 59.6 Å². The molecule has 1 aromatic heterocycles. The Morgan fingerprint density at radius 1 is 0.909 bits per heavy atom. The van der Waals surface area contributed by atoms with Gasteiger partial charge in [0.25, 0.3) is 0 Å². The number of rotatable bonds is 4. The molecule has 2 aromatic carbocycles. The molecule has 2 heterocycles. The number of fused-ring (bicyclic) bond motifs is 1. The van der Waals surface area contributed by atoms with Crippen molar-refractivity contribution in [2.75, 3.05) is 13.1 Å². The van der Waals surface area contributed by atoms with E-state index in [1.165, 1.54) is 27.7 Å². The molecule has 22 heavy (non-hydrogen) atoms. The Morgan fingerprint density at radius 2 is 1.73 bits per heavy atom. The minimum Gasteiger partial charge on any atom is -0.372 e. The molecule has 0 spiro atoms. The highest BCUT2D eigenvalue weighted by atomic mass is 15.1. The molecule has 0 amide bonds. The smallest absolute Gasteiger partial charge is 0.0967 e. The third kappa shape index (κ3) is 2.39. The average molecular weight is 289 g/mol. The topological polar surface area (TPSA) is 40.2 Å². The highest BCUT2D eigenvalue weighted by Crippen LogP contribution is 2.31. The maximum Gasteiger partial charge on any atom is 0.0967 e. The first kappa shape index (κ1) is 13.1. The van der Waals surface area contributed by atoms with Gasteiger partial charge in [0.1, 0.15) is 0 Å². The van der Waals surface area contributed by atoms with Crippen molar-refractivity contribution >= 4 is 16.7 Å². The van der Waals surface area contributed by atoms with E-state index in [4.69, 9.17) is 0 Å². The van der Waals surface area contributed by atoms with Gasteiger partial charge in [0.15, 0.2) is 0 Å². The molecular weight excluding hydrogens is 270 g/mol. The van der Waals surface area contributed by atoms with E-state index < -0.39 is 0 Å². The molecule has 3 heteroatoms. The van der Waals surface area contributed by atoms with Crippen molar-refractivity contribution in [1.29, 1.82) is 0 Å². The van der Waals surface area contributed by atoms with Gasteiger partial charge in [0.2, 0.25) is 0 Å². The Morgan fingerprint density at radius 3 is 2.55 bits per heavy atom. The van der Waals surface area contributed by atoms with Crippen LogP contribution in [0.2, 0.25) is 0 Å². The number of nitrogens with zero attached hydrogens (tertiary/aromatic N) is 1. The number of aliphatic imine (C=N–C) groups is 1. The van der Waals surface area contributed by atoms with Crippen LogP contribution in [-0.2, 0) is 6.42 Å². The molecule has 3 nitrogen and oxygen atoms in total. The zero-order valence-electron chi connectivity index (χ0n) is 12.5. The number of hydrogen-bond donors (Lipinski definition) is 2. The number of nitrogens with one attached hydrogen (secondary N) is 2. The molecular formula is C19H19N3. The van der Waals surface area contributed by atoms with Gasteiger partial charge in [0, 0.05) is 29.6 Å². The second-order valence-electron chi connectivity index (χ2n) is 5.65. The first-order valence-corrected chi connectivity index (χ1v) is 7.84. The van der Waals surface area contributed by atoms with E-state index in [0.29, 0.717) is 0 Å². The molecule has 0 fully saturated rings. The van der Waals surface area contributed by atoms with Crippen LogP contribution in [-0.4, -0.2) is 23.9 Å². The molecule has 110 valence electrons. The highest BCUT2D eigenvalue weighted by molar-refractivity contribution is 5.92. The van der Waals surface area contributed by atoms with Crippen LogP contribution in [0.1, 0.15) is 12.0 Å². The number of para-hydroxylation sites is 1. The van der Waals surface area contributed by atoms with E-state index in [1.54, 1.807) is 0 Å². The van der Waals surface area contributed by atoms with Crippen molar-refractivity contribution in [2.24, 2.45) is 4.99 Å². The minimum absolute atomic E-state index is 0.911. The maximum absolute atomic E-state index is 4.51. The lowest BCUT2D eigenvalue weighted by atomic mass is 10.0. The van der Waals surface area contributed by atoms with Crippen LogP contribution in [0.4, 0.5) is 0 Å². The Balaban J connectivity index is 1.76. The molecule has 0 unspecified atom stereocenters. The van der Waals surface area contributed by atoms with E-state index in [-0.39, 0.29) is 0 Å². The van der Waals surface area contributed by atoms with E-state index in [1.807, 2.05) is 0 Å². The van der Waals surface area contributed by atoms with Crippen molar-refractivity contribution in [1.82, 2.24) is 10.3 Å². The van der Waals surface area contributed by atoms with E-state index in [2.05, 4.69) is 69.9 Å². The summed E-state index contributed by atoms with van der Waals surface area (Å²) in [5.41, 5.74) is 5.08. The summed E-state index contributed by atoms with van der Waals surface area (Å²) < 4.78 is 0. The predicted octanol–water partition coefficient (Wildman–Crippen LogP) is 3.77. The number of aryl methyl sites for hydroxylation is 1. The summed E-state index contributed by atoms with van der Waals surface area (Å²) in [6.45, 7) is 1.89. The highest BCUT2D eigenvalue weighted by Gasteiger charge is 2.14. The van der Waals surface area contributed by atoms with Crippen molar-refractivity contribution in [3.05, 3.63) is 60.2 Å². The summed E-state index contributed by atoms with van der Waals surface area (Å²) >= 11 is 0. The molecule has 2 N–H and O–H groups in total. The zero-order valence-corrected chi connectivity index (χ0v) is 12.5. The predicted molar refractivity (Wildman–Crippen MR) is 92.4 cm³/mol. The van der Waals surface area contributed by atoms with Crippen LogP contribution in [0, 0.1) is 0 Å². The van der Waals surface area contributed by atoms with Crippen LogP contribution in [0.25, 0.3) is 22.2 Å². The van der Waals surface area contributed by atoms with Gasteiger partial charge in [-0.15, -0.1) is 0 Å². The van der Waals surface area contributed by atoms with Crippen molar-refractivity contribution in [2.45, 2.75) is 12.8 Å². The lowest BCUT2D eigenvalue weighted by Gasteiger charge is -2.06. The summed E-state index contributed by atoms with van der Waals surface area (Å²) in [5.74, 6) is 1.14. The molecule has 0 saturated carbocycles. The van der Waals surface area contributed by atoms with Crippen molar-refractivity contribution in [3.8, 4) is 11.3 Å². The number of hydrogen-bond acceptors (Lipinski definition) is 2. The number of H-pyrrole nitrogens is 1. The van der Waals surface area contributed by atoms with Gasteiger partial charge in [-0.25, -0.2) is 0 Å². The number of aromatic amines is 1. The van der Waals surface area contributed by atoms with E-state index in [9.17, 15) is 0 Å². The van der Waals surface area contributed by atoms with Gasteiger partial charge in [0.05, 0.1) is 12.4 Å². The van der Waals surface area contributed by atoms with Gasteiger partial charge in [-0.1, -0.05) is 48.5 Å². The third-order valence-electron chi connectivity index (χ3n) is 4.23. The standard InChI is InChI=1S/C19H19N3/c1-2-6-14(7-3-1)19-16(10-11-18-20-12-13-21-18)15-8-4-5-9-17(15)22-19/h1-9,22H,10-13H2,(H,20,21). The van der Waals surface area contributed by atoms with Crippen LogP contribution >= 0.6 is 0 Å². The molecule has 0 bridgehead atoms. The second-order valence-corrected chi connectivity index (χ2v) is 5.65. The number of amidine groups is 1. The van der Waals surface area contributed by atoms with E-state index >= 15 is 0 Å². The monoisotopic (exact) mass is 289 g/mol. The molecule has 4 rings (SSSR count). The lowest BCUT2D eigenvalue weighted by Crippen LogP contribution is -2.18. The molecule has 0 radical (unpaired) electrons. The fourth-order valence-electron chi connectivity index (χ4n) is 3.17.